The normalized spacial score (nSPS) is 21.2. The number of methoxy groups -OCH3 is 1. The molecule has 0 spiro atoms. The zero-order chi connectivity index (χ0) is 19.1. The van der Waals surface area contributed by atoms with Crippen LogP contribution >= 0.6 is 0 Å². The number of hydrogen-bond donors (Lipinski definition) is 1. The fraction of sp³-hybridized carbons (Fsp3) is 0.350. The number of carbonyl (C=O) groups excluding carboxylic acids is 1. The molecule has 0 aromatic heterocycles. The van der Waals surface area contributed by atoms with E-state index in [1.54, 1.807) is 0 Å². The number of halogens is 3. The van der Waals surface area contributed by atoms with Gasteiger partial charge in [-0.2, -0.15) is 13.2 Å². The van der Waals surface area contributed by atoms with Crippen LogP contribution in [-0.4, -0.2) is 13.0 Å². The molecule has 1 N–H and O–H groups in total. The number of amides is 1. The van der Waals surface area contributed by atoms with Crippen molar-refractivity contribution in [3.8, 4) is 5.75 Å². The first-order valence-electron chi connectivity index (χ1n) is 8.27. The molecule has 1 aliphatic carbocycles. The van der Waals surface area contributed by atoms with Crippen LogP contribution in [-0.2, 0) is 11.0 Å². The molecule has 0 bridgehead atoms. The molecule has 2 aromatic rings. The van der Waals surface area contributed by atoms with E-state index in [0.29, 0.717) is 0 Å². The molecular weight excluding hydrogens is 343 g/mol. The number of carbonyl (C=O) groups is 1. The first-order valence-corrected chi connectivity index (χ1v) is 8.27. The average molecular weight is 363 g/mol. The monoisotopic (exact) mass is 363 g/mol. The molecule has 26 heavy (non-hydrogen) atoms. The van der Waals surface area contributed by atoms with Gasteiger partial charge >= 0.3 is 6.18 Å². The molecule has 2 atom stereocenters. The van der Waals surface area contributed by atoms with Crippen molar-refractivity contribution in [1.29, 1.82) is 0 Å². The molecule has 138 valence electrons. The van der Waals surface area contributed by atoms with Crippen LogP contribution in [0.3, 0.4) is 0 Å². The predicted molar refractivity (Wildman–Crippen MR) is 93.1 cm³/mol. The lowest BCUT2D eigenvalue weighted by molar-refractivity contribution is -0.137. The van der Waals surface area contributed by atoms with E-state index in [2.05, 4.69) is 5.32 Å². The molecule has 0 heterocycles. The molecule has 0 aliphatic heterocycles. The van der Waals surface area contributed by atoms with E-state index in [0.717, 1.165) is 17.7 Å². The topological polar surface area (TPSA) is 38.3 Å². The van der Waals surface area contributed by atoms with Gasteiger partial charge in [-0.05, 0) is 29.2 Å². The SMILES string of the molecule is COc1ccc(C(F)(F)F)cc1NC(=O)C1C(c2ccccc2)C1(C)C. The Hall–Kier alpha value is -2.50. The Bertz CT molecular complexity index is 816. The molecule has 2 aromatic carbocycles. The molecule has 1 amide bonds. The highest BCUT2D eigenvalue weighted by molar-refractivity contribution is 5.97. The standard InChI is InChI=1S/C20H20F3NO2/c1-19(2)16(12-7-5-4-6-8-12)17(19)18(25)24-14-11-13(20(21,22)23)9-10-15(14)26-3/h4-11,16-17H,1-3H3,(H,24,25). The smallest absolute Gasteiger partial charge is 0.416 e. The molecule has 0 radical (unpaired) electrons. The van der Waals surface area contributed by atoms with Crippen molar-refractivity contribution in [2.45, 2.75) is 25.9 Å². The van der Waals surface area contributed by atoms with E-state index >= 15 is 0 Å². The highest BCUT2D eigenvalue weighted by Crippen LogP contribution is 2.64. The van der Waals surface area contributed by atoms with Crippen molar-refractivity contribution in [1.82, 2.24) is 0 Å². The maximum Gasteiger partial charge on any atom is 0.416 e. The highest BCUT2D eigenvalue weighted by Gasteiger charge is 2.62. The van der Waals surface area contributed by atoms with Crippen LogP contribution in [0.4, 0.5) is 18.9 Å². The summed E-state index contributed by atoms with van der Waals surface area (Å²) in [5.74, 6) is -0.396. The third kappa shape index (κ3) is 3.28. The van der Waals surface area contributed by atoms with Crippen LogP contribution in [0.1, 0.15) is 30.9 Å². The molecule has 2 unspecified atom stereocenters. The Morgan fingerprint density at radius 1 is 1.12 bits per heavy atom. The molecule has 1 aliphatic rings. The van der Waals surface area contributed by atoms with Crippen molar-refractivity contribution < 1.29 is 22.7 Å². The van der Waals surface area contributed by atoms with Crippen LogP contribution in [0.15, 0.2) is 48.5 Å². The number of rotatable bonds is 4. The summed E-state index contributed by atoms with van der Waals surface area (Å²) in [5.41, 5.74) is -0.0147. The molecule has 0 saturated heterocycles. The van der Waals surface area contributed by atoms with E-state index in [-0.39, 0.29) is 34.6 Å². The van der Waals surface area contributed by atoms with E-state index in [4.69, 9.17) is 4.74 Å². The number of benzene rings is 2. The molecule has 1 fully saturated rings. The van der Waals surface area contributed by atoms with Gasteiger partial charge in [-0.25, -0.2) is 0 Å². The van der Waals surface area contributed by atoms with Crippen LogP contribution < -0.4 is 10.1 Å². The Morgan fingerprint density at radius 2 is 1.77 bits per heavy atom. The van der Waals surface area contributed by atoms with Crippen molar-refractivity contribution in [2.75, 3.05) is 12.4 Å². The van der Waals surface area contributed by atoms with Crippen molar-refractivity contribution >= 4 is 11.6 Å². The van der Waals surface area contributed by atoms with Crippen LogP contribution in [0.5, 0.6) is 5.75 Å². The second-order valence-corrected chi connectivity index (χ2v) is 7.09. The Kier molecular flexibility index (Phi) is 4.46. The summed E-state index contributed by atoms with van der Waals surface area (Å²) >= 11 is 0. The summed E-state index contributed by atoms with van der Waals surface area (Å²) < 4.78 is 44.0. The average Bonchev–Trinajstić information content (AvgIpc) is 3.17. The quantitative estimate of drug-likeness (QED) is 0.821. The lowest BCUT2D eigenvalue weighted by Crippen LogP contribution is -2.18. The number of anilines is 1. The maximum absolute atomic E-state index is 13.0. The van der Waals surface area contributed by atoms with Gasteiger partial charge in [0.2, 0.25) is 5.91 Å². The lowest BCUT2D eigenvalue weighted by atomic mass is 10.0. The lowest BCUT2D eigenvalue weighted by Gasteiger charge is -2.14. The largest absolute Gasteiger partial charge is 0.495 e. The second-order valence-electron chi connectivity index (χ2n) is 7.09. The first kappa shape index (κ1) is 18.3. The van der Waals surface area contributed by atoms with Gasteiger partial charge in [0.05, 0.1) is 24.3 Å². The fourth-order valence-corrected chi connectivity index (χ4v) is 3.60. The van der Waals surface area contributed by atoms with Gasteiger partial charge in [0.1, 0.15) is 5.75 Å². The van der Waals surface area contributed by atoms with Crippen molar-refractivity contribution in [3.63, 3.8) is 0 Å². The predicted octanol–water partition coefficient (Wildman–Crippen LogP) is 5.09. The molecule has 1 saturated carbocycles. The van der Waals surface area contributed by atoms with Crippen LogP contribution in [0.2, 0.25) is 0 Å². The minimum absolute atomic E-state index is 0.0282. The summed E-state index contributed by atoms with van der Waals surface area (Å²) in [6.07, 6.45) is -4.49. The second kappa shape index (κ2) is 6.34. The van der Waals surface area contributed by atoms with Gasteiger partial charge in [-0.15, -0.1) is 0 Å². The summed E-state index contributed by atoms with van der Waals surface area (Å²) in [4.78, 5) is 12.8. The van der Waals surface area contributed by atoms with Gasteiger partial charge in [0.25, 0.3) is 0 Å². The number of ether oxygens (including phenoxy) is 1. The first-order chi connectivity index (χ1) is 12.2. The third-order valence-electron chi connectivity index (χ3n) is 5.05. The van der Waals surface area contributed by atoms with Gasteiger partial charge in [0, 0.05) is 5.92 Å². The highest BCUT2D eigenvalue weighted by atomic mass is 19.4. The summed E-state index contributed by atoms with van der Waals surface area (Å²) in [6, 6.07) is 12.7. The molecular formula is C20H20F3NO2. The molecule has 6 heteroatoms. The molecule has 3 nitrogen and oxygen atoms in total. The minimum atomic E-state index is -4.49. The van der Waals surface area contributed by atoms with Crippen LogP contribution in [0, 0.1) is 11.3 Å². The fourth-order valence-electron chi connectivity index (χ4n) is 3.60. The number of hydrogen-bond acceptors (Lipinski definition) is 2. The Morgan fingerprint density at radius 3 is 2.35 bits per heavy atom. The van der Waals surface area contributed by atoms with Gasteiger partial charge < -0.3 is 10.1 Å². The zero-order valence-corrected chi connectivity index (χ0v) is 14.7. The zero-order valence-electron chi connectivity index (χ0n) is 14.7. The van der Waals surface area contributed by atoms with Gasteiger partial charge in [0.15, 0.2) is 0 Å². The molecule has 3 rings (SSSR count). The summed E-state index contributed by atoms with van der Waals surface area (Å²) in [6.45, 7) is 3.97. The number of nitrogens with one attached hydrogen (secondary N) is 1. The Balaban J connectivity index is 1.84. The maximum atomic E-state index is 13.0. The van der Waals surface area contributed by atoms with Crippen molar-refractivity contribution in [3.05, 3.63) is 59.7 Å². The van der Waals surface area contributed by atoms with Gasteiger partial charge in [-0.1, -0.05) is 44.2 Å². The van der Waals surface area contributed by atoms with Crippen LogP contribution in [0.25, 0.3) is 0 Å². The van der Waals surface area contributed by atoms with E-state index < -0.39 is 11.7 Å². The van der Waals surface area contributed by atoms with E-state index in [9.17, 15) is 18.0 Å². The Labute approximate surface area is 150 Å². The van der Waals surface area contributed by atoms with Crippen molar-refractivity contribution in [2.24, 2.45) is 11.3 Å². The summed E-state index contributed by atoms with van der Waals surface area (Å²) in [5, 5.41) is 2.63. The number of alkyl halides is 3. The third-order valence-corrected chi connectivity index (χ3v) is 5.05. The summed E-state index contributed by atoms with van der Waals surface area (Å²) in [7, 11) is 1.35. The van der Waals surface area contributed by atoms with Gasteiger partial charge in [-0.3, -0.25) is 4.79 Å². The minimum Gasteiger partial charge on any atom is -0.495 e. The van der Waals surface area contributed by atoms with E-state index in [1.165, 1.54) is 13.2 Å². The van der Waals surface area contributed by atoms with E-state index in [1.807, 2.05) is 44.2 Å².